The van der Waals surface area contributed by atoms with Crippen molar-refractivity contribution in [3.05, 3.63) is 52.7 Å². The van der Waals surface area contributed by atoms with Gasteiger partial charge in [0.25, 0.3) is 0 Å². The second-order valence-corrected chi connectivity index (χ2v) is 4.42. The Kier molecular flexibility index (Phi) is 3.33. The predicted octanol–water partition coefficient (Wildman–Crippen LogP) is 4.99. The van der Waals surface area contributed by atoms with Crippen LogP contribution in [0.15, 0.2) is 47.9 Å². The van der Waals surface area contributed by atoms with Gasteiger partial charge in [0.2, 0.25) is 0 Å². The Bertz CT molecular complexity index is 509. The minimum atomic E-state index is -4.25. The normalized spacial score (nSPS) is 12.2. The highest BCUT2D eigenvalue weighted by molar-refractivity contribution is 7.11. The molecule has 0 amide bonds. The van der Waals surface area contributed by atoms with Crippen LogP contribution in [0.2, 0.25) is 0 Å². The number of hydrogen-bond acceptors (Lipinski definition) is 1. The molecule has 0 unspecified atom stereocenters. The van der Waals surface area contributed by atoms with Gasteiger partial charge in [-0.05, 0) is 28.6 Å². The van der Waals surface area contributed by atoms with E-state index in [9.17, 15) is 13.2 Å². The lowest BCUT2D eigenvalue weighted by Gasteiger charge is -1.96. The fourth-order valence-corrected chi connectivity index (χ4v) is 2.21. The van der Waals surface area contributed by atoms with Crippen LogP contribution >= 0.6 is 11.3 Å². The summed E-state index contributed by atoms with van der Waals surface area (Å²) < 4.78 is 36.0. The van der Waals surface area contributed by atoms with Crippen LogP contribution in [0.5, 0.6) is 0 Å². The summed E-state index contributed by atoms with van der Waals surface area (Å²) in [6.45, 7) is 0. The van der Waals surface area contributed by atoms with Crippen LogP contribution in [0.3, 0.4) is 0 Å². The fourth-order valence-electron chi connectivity index (χ4n) is 1.40. The molecule has 2 rings (SSSR count). The highest BCUT2D eigenvalue weighted by atomic mass is 32.1. The standard InChI is InChI=1S/C13H9F3S/c14-13(15,16)7-6-12-8-11(9-17-12)10-4-2-1-3-5-10/h1-9H/b7-6+. The van der Waals surface area contributed by atoms with E-state index in [1.807, 2.05) is 35.7 Å². The summed E-state index contributed by atoms with van der Waals surface area (Å²) in [6, 6.07) is 11.3. The van der Waals surface area contributed by atoms with Gasteiger partial charge in [0, 0.05) is 11.0 Å². The van der Waals surface area contributed by atoms with Gasteiger partial charge in [0.15, 0.2) is 0 Å². The first-order valence-corrected chi connectivity index (χ1v) is 5.82. The van der Waals surface area contributed by atoms with E-state index in [-0.39, 0.29) is 6.08 Å². The molecule has 1 aromatic heterocycles. The lowest BCUT2D eigenvalue weighted by atomic mass is 10.1. The monoisotopic (exact) mass is 254 g/mol. The maximum absolute atomic E-state index is 12.0. The topological polar surface area (TPSA) is 0 Å². The molecule has 0 saturated heterocycles. The third-order valence-corrected chi connectivity index (χ3v) is 3.06. The number of halogens is 3. The summed E-state index contributed by atoms with van der Waals surface area (Å²) in [5.74, 6) is 0. The second-order valence-electron chi connectivity index (χ2n) is 3.48. The number of alkyl halides is 3. The van der Waals surface area contributed by atoms with Crippen molar-refractivity contribution in [2.45, 2.75) is 6.18 Å². The molecule has 0 spiro atoms. The Morgan fingerprint density at radius 1 is 1.00 bits per heavy atom. The number of benzene rings is 1. The first-order chi connectivity index (χ1) is 8.04. The average Bonchev–Trinajstić information content (AvgIpc) is 2.75. The van der Waals surface area contributed by atoms with Crippen molar-refractivity contribution in [3.63, 3.8) is 0 Å². The van der Waals surface area contributed by atoms with Gasteiger partial charge in [-0.2, -0.15) is 13.2 Å². The zero-order valence-electron chi connectivity index (χ0n) is 8.74. The minimum absolute atomic E-state index is 0.258. The van der Waals surface area contributed by atoms with Crippen LogP contribution in [-0.4, -0.2) is 6.18 Å². The first-order valence-electron chi connectivity index (χ1n) is 4.94. The summed E-state index contributed by atoms with van der Waals surface area (Å²) in [6.07, 6.45) is -2.90. The molecule has 2 aromatic rings. The summed E-state index contributed by atoms with van der Waals surface area (Å²) in [5, 5.41) is 1.85. The summed E-state index contributed by atoms with van der Waals surface area (Å²) in [7, 11) is 0. The molecular weight excluding hydrogens is 245 g/mol. The van der Waals surface area contributed by atoms with Crippen LogP contribution in [0.1, 0.15) is 4.88 Å². The predicted molar refractivity (Wildman–Crippen MR) is 64.8 cm³/mol. The summed E-state index contributed by atoms with van der Waals surface area (Å²) in [5.41, 5.74) is 1.95. The molecule has 4 heteroatoms. The molecule has 0 atom stereocenters. The van der Waals surface area contributed by atoms with Crippen LogP contribution in [-0.2, 0) is 0 Å². The average molecular weight is 254 g/mol. The SMILES string of the molecule is FC(F)(F)/C=C/c1cc(-c2ccccc2)cs1. The van der Waals surface area contributed by atoms with Crippen molar-refractivity contribution in [2.24, 2.45) is 0 Å². The third-order valence-electron chi connectivity index (χ3n) is 2.16. The maximum Gasteiger partial charge on any atom is 0.409 e. The molecule has 1 heterocycles. The van der Waals surface area contributed by atoms with Gasteiger partial charge in [-0.1, -0.05) is 30.3 Å². The van der Waals surface area contributed by atoms with Crippen molar-refractivity contribution in [1.82, 2.24) is 0 Å². The molecule has 88 valence electrons. The molecule has 0 nitrogen and oxygen atoms in total. The lowest BCUT2D eigenvalue weighted by Crippen LogP contribution is -1.99. The highest BCUT2D eigenvalue weighted by Gasteiger charge is 2.21. The Hall–Kier alpha value is -1.55. The van der Waals surface area contributed by atoms with Crippen molar-refractivity contribution in [2.75, 3.05) is 0 Å². The van der Waals surface area contributed by atoms with Crippen molar-refractivity contribution >= 4 is 17.4 Å². The highest BCUT2D eigenvalue weighted by Crippen LogP contribution is 2.27. The van der Waals surface area contributed by atoms with E-state index in [1.54, 1.807) is 6.07 Å². The maximum atomic E-state index is 12.0. The van der Waals surface area contributed by atoms with Crippen molar-refractivity contribution < 1.29 is 13.2 Å². The van der Waals surface area contributed by atoms with E-state index >= 15 is 0 Å². The molecule has 0 bridgehead atoms. The Labute approximate surface area is 101 Å². The van der Waals surface area contributed by atoms with E-state index in [1.165, 1.54) is 11.3 Å². The smallest absolute Gasteiger partial charge is 0.167 e. The molecule has 0 aliphatic carbocycles. The number of allylic oxidation sites excluding steroid dienone is 1. The quantitative estimate of drug-likeness (QED) is 0.708. The molecule has 0 aliphatic heterocycles. The molecule has 0 aliphatic rings. The van der Waals surface area contributed by atoms with E-state index in [2.05, 4.69) is 0 Å². The summed E-state index contributed by atoms with van der Waals surface area (Å²) >= 11 is 1.30. The first kappa shape index (κ1) is 11.9. The van der Waals surface area contributed by atoms with Gasteiger partial charge < -0.3 is 0 Å². The Morgan fingerprint density at radius 2 is 1.71 bits per heavy atom. The zero-order valence-corrected chi connectivity index (χ0v) is 9.55. The molecule has 0 fully saturated rings. The van der Waals surface area contributed by atoms with E-state index in [0.29, 0.717) is 4.88 Å². The van der Waals surface area contributed by atoms with Gasteiger partial charge in [-0.25, -0.2) is 0 Å². The molecule has 0 radical (unpaired) electrons. The van der Waals surface area contributed by atoms with Gasteiger partial charge >= 0.3 is 6.18 Å². The van der Waals surface area contributed by atoms with Crippen LogP contribution in [0, 0.1) is 0 Å². The molecule has 0 saturated carbocycles. The second kappa shape index (κ2) is 4.75. The lowest BCUT2D eigenvalue weighted by molar-refractivity contribution is -0.0790. The number of thiophene rings is 1. The minimum Gasteiger partial charge on any atom is -0.167 e. The van der Waals surface area contributed by atoms with Gasteiger partial charge in [-0.15, -0.1) is 11.3 Å². The van der Waals surface area contributed by atoms with Crippen LogP contribution in [0.25, 0.3) is 17.2 Å². The van der Waals surface area contributed by atoms with E-state index in [4.69, 9.17) is 0 Å². The molecule has 1 aromatic carbocycles. The third kappa shape index (κ3) is 3.46. The van der Waals surface area contributed by atoms with Crippen LogP contribution in [0.4, 0.5) is 13.2 Å². The van der Waals surface area contributed by atoms with Gasteiger partial charge in [-0.3, -0.25) is 0 Å². The Balaban J connectivity index is 2.20. The van der Waals surface area contributed by atoms with Gasteiger partial charge in [0.05, 0.1) is 0 Å². The Morgan fingerprint density at radius 3 is 2.35 bits per heavy atom. The van der Waals surface area contributed by atoms with Crippen LogP contribution < -0.4 is 0 Å². The number of rotatable bonds is 2. The molecule has 0 N–H and O–H groups in total. The number of hydrogen-bond donors (Lipinski definition) is 0. The zero-order chi connectivity index (χ0) is 12.3. The van der Waals surface area contributed by atoms with Gasteiger partial charge in [0.1, 0.15) is 0 Å². The fraction of sp³-hybridized carbons (Fsp3) is 0.0769. The summed E-state index contributed by atoms with van der Waals surface area (Å²) in [4.78, 5) is 0.598. The van der Waals surface area contributed by atoms with E-state index in [0.717, 1.165) is 17.2 Å². The van der Waals surface area contributed by atoms with Crippen molar-refractivity contribution in [3.8, 4) is 11.1 Å². The van der Waals surface area contributed by atoms with Crippen molar-refractivity contribution in [1.29, 1.82) is 0 Å². The largest absolute Gasteiger partial charge is 0.409 e. The molecule has 17 heavy (non-hydrogen) atoms. The van der Waals surface area contributed by atoms with E-state index < -0.39 is 6.18 Å². The molecular formula is C13H9F3S.